The van der Waals surface area contributed by atoms with Gasteiger partial charge >= 0.3 is 0 Å². The van der Waals surface area contributed by atoms with Crippen LogP contribution in [0, 0.1) is 17.8 Å². The molecule has 0 aromatic rings. The van der Waals surface area contributed by atoms with Gasteiger partial charge in [-0.25, -0.2) is 0 Å². The van der Waals surface area contributed by atoms with Crippen LogP contribution in [0.2, 0.25) is 0 Å². The summed E-state index contributed by atoms with van der Waals surface area (Å²) in [6.07, 6.45) is 9.15. The van der Waals surface area contributed by atoms with E-state index >= 15 is 0 Å². The largest absolute Gasteiger partial charge is 0.375 e. The third-order valence-corrected chi connectivity index (χ3v) is 5.76. The highest BCUT2D eigenvalue weighted by atomic mass is 16.5. The summed E-state index contributed by atoms with van der Waals surface area (Å²) in [6.45, 7) is 14.1. The van der Waals surface area contributed by atoms with Crippen LogP contribution in [0.15, 0.2) is 0 Å². The van der Waals surface area contributed by atoms with Gasteiger partial charge in [0.15, 0.2) is 0 Å². The van der Waals surface area contributed by atoms with E-state index in [1.54, 1.807) is 0 Å². The number of rotatable bonds is 5. The maximum Gasteiger partial charge on any atom is 0.0605 e. The summed E-state index contributed by atoms with van der Waals surface area (Å²) in [4.78, 5) is 2.74. The molecule has 1 aliphatic heterocycles. The summed E-state index contributed by atoms with van der Waals surface area (Å²) in [5, 5.41) is 0. The Morgan fingerprint density at radius 2 is 1.67 bits per heavy atom. The number of hydrogen-bond donors (Lipinski definition) is 0. The number of hydrogen-bond acceptors (Lipinski definition) is 2. The van der Waals surface area contributed by atoms with Crippen molar-refractivity contribution in [3.8, 4) is 0 Å². The van der Waals surface area contributed by atoms with Crippen LogP contribution in [-0.2, 0) is 4.74 Å². The minimum absolute atomic E-state index is 0.375. The molecular weight excluding hydrogens is 258 g/mol. The monoisotopic (exact) mass is 295 g/mol. The Balaban J connectivity index is 1.72. The Bertz CT molecular complexity index is 294. The lowest BCUT2D eigenvalue weighted by Gasteiger charge is -2.41. The third kappa shape index (κ3) is 5.25. The second-order valence-corrected chi connectivity index (χ2v) is 8.20. The van der Waals surface area contributed by atoms with E-state index in [9.17, 15) is 0 Å². The van der Waals surface area contributed by atoms with Crippen LogP contribution in [0.1, 0.15) is 73.1 Å². The molecule has 0 bridgehead atoms. The summed E-state index contributed by atoms with van der Waals surface area (Å²) in [5.74, 6) is 2.82. The van der Waals surface area contributed by atoms with E-state index < -0.39 is 0 Å². The quantitative estimate of drug-likeness (QED) is 0.727. The average molecular weight is 296 g/mol. The van der Waals surface area contributed by atoms with E-state index in [-0.39, 0.29) is 0 Å². The van der Waals surface area contributed by atoms with Gasteiger partial charge in [0.25, 0.3) is 0 Å². The van der Waals surface area contributed by atoms with Crippen molar-refractivity contribution < 1.29 is 4.74 Å². The number of likely N-dealkylation sites (tertiary alicyclic amines) is 1. The average Bonchev–Trinajstić information content (AvgIpc) is 2.42. The minimum atomic E-state index is 0.375. The first-order valence-electron chi connectivity index (χ1n) is 9.35. The lowest BCUT2D eigenvalue weighted by molar-refractivity contribution is -0.0452. The molecule has 0 spiro atoms. The molecule has 2 aliphatic rings. The molecule has 124 valence electrons. The Labute approximate surface area is 132 Å². The highest BCUT2D eigenvalue weighted by Crippen LogP contribution is 2.34. The predicted octanol–water partition coefficient (Wildman–Crippen LogP) is 4.73. The van der Waals surface area contributed by atoms with Crippen molar-refractivity contribution in [2.24, 2.45) is 17.8 Å². The van der Waals surface area contributed by atoms with Crippen LogP contribution in [0.3, 0.4) is 0 Å². The molecule has 1 saturated carbocycles. The van der Waals surface area contributed by atoms with Crippen molar-refractivity contribution in [3.63, 3.8) is 0 Å². The fourth-order valence-corrected chi connectivity index (χ4v) is 4.33. The Morgan fingerprint density at radius 3 is 2.19 bits per heavy atom. The molecular formula is C19H37NO. The second-order valence-electron chi connectivity index (χ2n) is 8.20. The van der Waals surface area contributed by atoms with E-state index in [2.05, 4.69) is 39.5 Å². The topological polar surface area (TPSA) is 12.5 Å². The van der Waals surface area contributed by atoms with Gasteiger partial charge in [0.1, 0.15) is 0 Å². The summed E-state index contributed by atoms with van der Waals surface area (Å²) in [5.41, 5.74) is 0. The molecule has 1 heterocycles. The maximum absolute atomic E-state index is 6.01. The summed E-state index contributed by atoms with van der Waals surface area (Å²) < 4.78 is 6.01. The SMILES string of the molecule is CC(C)OC1CCN(CC2CCC(C(C)C)CC2)[C@@H](C)C1. The van der Waals surface area contributed by atoms with Gasteiger partial charge in [-0.1, -0.05) is 13.8 Å². The van der Waals surface area contributed by atoms with E-state index in [0.717, 1.165) is 17.8 Å². The van der Waals surface area contributed by atoms with Crippen LogP contribution < -0.4 is 0 Å². The molecule has 1 aliphatic carbocycles. The Kier molecular flexibility index (Phi) is 6.55. The zero-order valence-electron chi connectivity index (χ0n) is 15.0. The van der Waals surface area contributed by atoms with Gasteiger partial charge in [0.05, 0.1) is 12.2 Å². The van der Waals surface area contributed by atoms with Crippen LogP contribution in [0.4, 0.5) is 0 Å². The minimum Gasteiger partial charge on any atom is -0.375 e. The molecule has 1 unspecified atom stereocenters. The fraction of sp³-hybridized carbons (Fsp3) is 1.00. The van der Waals surface area contributed by atoms with Gasteiger partial charge in [0.2, 0.25) is 0 Å². The Hall–Kier alpha value is -0.0800. The number of piperidine rings is 1. The smallest absolute Gasteiger partial charge is 0.0605 e. The predicted molar refractivity (Wildman–Crippen MR) is 90.6 cm³/mol. The molecule has 0 radical (unpaired) electrons. The summed E-state index contributed by atoms with van der Waals surface area (Å²) in [7, 11) is 0. The van der Waals surface area contributed by atoms with Gasteiger partial charge in [-0.15, -0.1) is 0 Å². The lowest BCUT2D eigenvalue weighted by atomic mass is 9.76. The van der Waals surface area contributed by atoms with Crippen molar-refractivity contribution >= 4 is 0 Å². The van der Waals surface area contributed by atoms with Crippen LogP contribution in [0.5, 0.6) is 0 Å². The van der Waals surface area contributed by atoms with E-state index in [1.165, 1.54) is 51.6 Å². The highest BCUT2D eigenvalue weighted by molar-refractivity contribution is 4.83. The first-order valence-corrected chi connectivity index (χ1v) is 9.35. The molecule has 0 N–H and O–H groups in total. The standard InChI is InChI=1S/C19H37NO/c1-14(2)18-8-6-17(7-9-18)13-20-11-10-19(12-16(20)5)21-15(3)4/h14-19H,6-13H2,1-5H3/t16-,17?,18?,19?/m0/s1. The molecule has 0 aromatic carbocycles. The van der Waals surface area contributed by atoms with Crippen molar-refractivity contribution in [1.82, 2.24) is 4.90 Å². The maximum atomic E-state index is 6.01. The lowest BCUT2D eigenvalue weighted by Crippen LogP contribution is -2.46. The van der Waals surface area contributed by atoms with Crippen LogP contribution in [-0.4, -0.2) is 36.2 Å². The second kappa shape index (κ2) is 7.97. The van der Waals surface area contributed by atoms with Crippen molar-refractivity contribution in [2.45, 2.75) is 91.4 Å². The Morgan fingerprint density at radius 1 is 1.00 bits per heavy atom. The van der Waals surface area contributed by atoms with Gasteiger partial charge in [0, 0.05) is 19.1 Å². The van der Waals surface area contributed by atoms with Crippen molar-refractivity contribution in [2.75, 3.05) is 13.1 Å². The van der Waals surface area contributed by atoms with Gasteiger partial charge in [-0.3, -0.25) is 0 Å². The van der Waals surface area contributed by atoms with Crippen LogP contribution in [0.25, 0.3) is 0 Å². The van der Waals surface area contributed by atoms with Gasteiger partial charge in [-0.2, -0.15) is 0 Å². The zero-order valence-corrected chi connectivity index (χ0v) is 15.0. The zero-order chi connectivity index (χ0) is 15.4. The molecule has 1 saturated heterocycles. The molecule has 2 rings (SSSR count). The first kappa shape index (κ1) is 17.3. The summed E-state index contributed by atoms with van der Waals surface area (Å²) in [6, 6.07) is 0.699. The first-order chi connectivity index (χ1) is 9.95. The molecule has 0 aromatic heterocycles. The number of nitrogens with zero attached hydrogens (tertiary/aromatic N) is 1. The highest BCUT2D eigenvalue weighted by Gasteiger charge is 2.30. The summed E-state index contributed by atoms with van der Waals surface area (Å²) >= 11 is 0. The molecule has 21 heavy (non-hydrogen) atoms. The van der Waals surface area contributed by atoms with Crippen molar-refractivity contribution in [1.29, 1.82) is 0 Å². The molecule has 2 fully saturated rings. The number of ether oxygens (including phenoxy) is 1. The normalized spacial score (nSPS) is 35.6. The van der Waals surface area contributed by atoms with Crippen molar-refractivity contribution in [3.05, 3.63) is 0 Å². The van der Waals surface area contributed by atoms with Crippen LogP contribution >= 0.6 is 0 Å². The van der Waals surface area contributed by atoms with Gasteiger partial charge in [-0.05, 0) is 77.0 Å². The molecule has 2 heteroatoms. The van der Waals surface area contributed by atoms with E-state index in [4.69, 9.17) is 4.74 Å². The van der Waals surface area contributed by atoms with E-state index in [1.807, 2.05) is 0 Å². The molecule has 2 nitrogen and oxygen atoms in total. The fourth-order valence-electron chi connectivity index (χ4n) is 4.33. The molecule has 2 atom stereocenters. The van der Waals surface area contributed by atoms with E-state index in [0.29, 0.717) is 18.2 Å². The third-order valence-electron chi connectivity index (χ3n) is 5.76. The molecule has 0 amide bonds. The van der Waals surface area contributed by atoms with Gasteiger partial charge < -0.3 is 9.64 Å².